The molecule has 0 aromatic heterocycles. The van der Waals surface area contributed by atoms with E-state index in [2.05, 4.69) is 5.32 Å². The molecule has 0 bridgehead atoms. The number of carbonyl (C=O) groups is 1. The molecular formula is C21H22N2O2. The summed E-state index contributed by atoms with van der Waals surface area (Å²) in [5, 5.41) is 12.1. The van der Waals surface area contributed by atoms with Crippen LogP contribution in [0.3, 0.4) is 0 Å². The minimum Gasteiger partial charge on any atom is -0.490 e. The van der Waals surface area contributed by atoms with Crippen LogP contribution >= 0.6 is 0 Å². The van der Waals surface area contributed by atoms with Gasteiger partial charge in [0.05, 0.1) is 6.10 Å². The Morgan fingerprint density at radius 2 is 1.92 bits per heavy atom. The van der Waals surface area contributed by atoms with Gasteiger partial charge in [0.15, 0.2) is 0 Å². The summed E-state index contributed by atoms with van der Waals surface area (Å²) in [6.45, 7) is 6.00. The first-order chi connectivity index (χ1) is 12.0. The number of aryl methyl sites for hydroxylation is 1. The highest BCUT2D eigenvalue weighted by molar-refractivity contribution is 6.09. The van der Waals surface area contributed by atoms with Gasteiger partial charge in [-0.2, -0.15) is 5.26 Å². The Morgan fingerprint density at radius 1 is 1.24 bits per heavy atom. The number of anilines is 1. The average Bonchev–Trinajstić information content (AvgIpc) is 2.62. The fraction of sp³-hybridized carbons (Fsp3) is 0.238. The fourth-order valence-electron chi connectivity index (χ4n) is 2.15. The number of ether oxygens (including phenoxy) is 1. The number of hydrogen-bond donors (Lipinski definition) is 1. The van der Waals surface area contributed by atoms with Crippen molar-refractivity contribution in [1.29, 1.82) is 5.26 Å². The molecule has 2 rings (SSSR count). The first-order valence-electron chi connectivity index (χ1n) is 8.29. The van der Waals surface area contributed by atoms with Gasteiger partial charge < -0.3 is 10.1 Å². The molecule has 25 heavy (non-hydrogen) atoms. The molecule has 0 unspecified atom stereocenters. The number of carbonyl (C=O) groups excluding carboxylic acids is 1. The van der Waals surface area contributed by atoms with Crippen LogP contribution in [0.2, 0.25) is 0 Å². The number of benzene rings is 2. The number of amides is 1. The van der Waals surface area contributed by atoms with E-state index in [1.165, 1.54) is 0 Å². The number of nitrogens with zero attached hydrogens (tertiary/aromatic N) is 1. The molecule has 0 radical (unpaired) electrons. The first-order valence-corrected chi connectivity index (χ1v) is 8.29. The van der Waals surface area contributed by atoms with Gasteiger partial charge in [-0.25, -0.2) is 0 Å². The van der Waals surface area contributed by atoms with Gasteiger partial charge in [0, 0.05) is 11.3 Å². The Kier molecular flexibility index (Phi) is 6.36. The summed E-state index contributed by atoms with van der Waals surface area (Å²) in [7, 11) is 0. The fourth-order valence-corrected chi connectivity index (χ4v) is 2.15. The van der Waals surface area contributed by atoms with Gasteiger partial charge in [-0.1, -0.05) is 42.8 Å². The van der Waals surface area contributed by atoms with Crippen LogP contribution in [0.4, 0.5) is 5.69 Å². The van der Waals surface area contributed by atoms with E-state index in [1.54, 1.807) is 6.08 Å². The van der Waals surface area contributed by atoms with E-state index < -0.39 is 5.91 Å². The molecule has 4 heteroatoms. The highest BCUT2D eigenvalue weighted by atomic mass is 16.5. The van der Waals surface area contributed by atoms with Crippen molar-refractivity contribution in [3.63, 3.8) is 0 Å². The summed E-state index contributed by atoms with van der Waals surface area (Å²) < 4.78 is 5.87. The lowest BCUT2D eigenvalue weighted by atomic mass is 10.1. The molecule has 1 N–H and O–H groups in total. The van der Waals surface area contributed by atoms with Crippen LogP contribution in [0, 0.1) is 18.3 Å². The number of nitriles is 1. The van der Waals surface area contributed by atoms with Crippen LogP contribution in [0.15, 0.2) is 54.1 Å². The Morgan fingerprint density at radius 3 is 2.56 bits per heavy atom. The zero-order valence-electron chi connectivity index (χ0n) is 14.7. The molecule has 0 fully saturated rings. The molecule has 4 nitrogen and oxygen atoms in total. The molecular weight excluding hydrogens is 312 g/mol. The lowest BCUT2D eigenvalue weighted by molar-refractivity contribution is -0.112. The Bertz CT molecular complexity index is 801. The summed E-state index contributed by atoms with van der Waals surface area (Å²) in [4.78, 5) is 12.4. The number of nitrogens with one attached hydrogen (secondary N) is 1. The first kappa shape index (κ1) is 18.3. The molecule has 0 saturated carbocycles. The van der Waals surface area contributed by atoms with Gasteiger partial charge in [-0.05, 0) is 44.5 Å². The van der Waals surface area contributed by atoms with Crippen LogP contribution < -0.4 is 10.1 Å². The van der Waals surface area contributed by atoms with Gasteiger partial charge >= 0.3 is 0 Å². The van der Waals surface area contributed by atoms with Gasteiger partial charge in [-0.3, -0.25) is 4.79 Å². The van der Waals surface area contributed by atoms with Crippen LogP contribution in [-0.2, 0) is 4.79 Å². The average molecular weight is 334 g/mol. The third kappa shape index (κ3) is 5.22. The van der Waals surface area contributed by atoms with Crippen molar-refractivity contribution < 1.29 is 9.53 Å². The van der Waals surface area contributed by atoms with Crippen LogP contribution in [0.25, 0.3) is 6.08 Å². The lowest BCUT2D eigenvalue weighted by Gasteiger charge is -2.14. The monoisotopic (exact) mass is 334 g/mol. The van der Waals surface area contributed by atoms with Crippen LogP contribution in [-0.4, -0.2) is 12.0 Å². The molecule has 0 heterocycles. The summed E-state index contributed by atoms with van der Waals surface area (Å²) in [5.74, 6) is 0.220. The second-order valence-corrected chi connectivity index (χ2v) is 5.86. The molecule has 128 valence electrons. The van der Waals surface area contributed by atoms with E-state index in [1.807, 2.05) is 75.4 Å². The van der Waals surface area contributed by atoms with E-state index in [0.29, 0.717) is 17.0 Å². The van der Waals surface area contributed by atoms with E-state index in [0.717, 1.165) is 12.0 Å². The molecule has 1 atom stereocenters. The Balaban J connectivity index is 2.23. The SMILES string of the molecule is CC[C@@H](C)Oc1ccccc1/C=C(\C#N)C(=O)Nc1ccc(C)cc1. The van der Waals surface area contributed by atoms with Gasteiger partial charge in [0.1, 0.15) is 17.4 Å². The third-order valence-electron chi connectivity index (χ3n) is 3.80. The highest BCUT2D eigenvalue weighted by Gasteiger charge is 2.12. The standard InChI is InChI=1S/C21H22N2O2/c1-4-16(3)25-20-8-6-5-7-17(20)13-18(14-22)21(24)23-19-11-9-15(2)10-12-19/h5-13,16H,4H2,1-3H3,(H,23,24)/b18-13+/t16-/m1/s1. The zero-order valence-corrected chi connectivity index (χ0v) is 14.7. The predicted molar refractivity (Wildman–Crippen MR) is 100 cm³/mol. The summed E-state index contributed by atoms with van der Waals surface area (Å²) in [5.41, 5.74) is 2.49. The van der Waals surface area contributed by atoms with Crippen LogP contribution in [0.5, 0.6) is 5.75 Å². The molecule has 0 saturated heterocycles. The maximum Gasteiger partial charge on any atom is 0.266 e. The zero-order chi connectivity index (χ0) is 18.2. The van der Waals surface area contributed by atoms with Gasteiger partial charge in [0.25, 0.3) is 5.91 Å². The van der Waals surface area contributed by atoms with Crippen molar-refractivity contribution in [3.8, 4) is 11.8 Å². The lowest BCUT2D eigenvalue weighted by Crippen LogP contribution is -2.14. The quantitative estimate of drug-likeness (QED) is 0.614. The summed E-state index contributed by atoms with van der Waals surface area (Å²) in [6.07, 6.45) is 2.49. The third-order valence-corrected chi connectivity index (χ3v) is 3.80. The van der Waals surface area contributed by atoms with Gasteiger partial charge in [-0.15, -0.1) is 0 Å². The Hall–Kier alpha value is -3.06. The summed E-state index contributed by atoms with van der Waals surface area (Å²) >= 11 is 0. The van der Waals surface area contributed by atoms with Crippen molar-refractivity contribution in [3.05, 3.63) is 65.2 Å². The number of para-hydroxylation sites is 1. The smallest absolute Gasteiger partial charge is 0.266 e. The molecule has 0 aliphatic rings. The number of rotatable bonds is 6. The maximum absolute atomic E-state index is 12.4. The topological polar surface area (TPSA) is 62.1 Å². The van der Waals surface area contributed by atoms with Crippen molar-refractivity contribution >= 4 is 17.7 Å². The van der Waals surface area contributed by atoms with E-state index >= 15 is 0 Å². The highest BCUT2D eigenvalue weighted by Crippen LogP contribution is 2.23. The van der Waals surface area contributed by atoms with Crippen molar-refractivity contribution in [1.82, 2.24) is 0 Å². The van der Waals surface area contributed by atoms with E-state index in [4.69, 9.17) is 4.74 Å². The molecule has 2 aromatic carbocycles. The van der Waals surface area contributed by atoms with Gasteiger partial charge in [0.2, 0.25) is 0 Å². The predicted octanol–water partition coefficient (Wildman–Crippen LogP) is 4.72. The minimum absolute atomic E-state index is 0.0285. The molecule has 0 spiro atoms. The Labute approximate surface area is 148 Å². The normalized spacial score (nSPS) is 12.2. The molecule has 2 aromatic rings. The van der Waals surface area contributed by atoms with Crippen LogP contribution in [0.1, 0.15) is 31.4 Å². The number of hydrogen-bond acceptors (Lipinski definition) is 3. The van der Waals surface area contributed by atoms with Crippen molar-refractivity contribution in [2.45, 2.75) is 33.3 Å². The molecule has 0 aliphatic carbocycles. The largest absolute Gasteiger partial charge is 0.490 e. The minimum atomic E-state index is -0.440. The van der Waals surface area contributed by atoms with E-state index in [-0.39, 0.29) is 11.7 Å². The summed E-state index contributed by atoms with van der Waals surface area (Å²) in [6, 6.07) is 16.8. The second kappa shape index (κ2) is 8.70. The molecule has 0 aliphatic heterocycles. The van der Waals surface area contributed by atoms with Crippen molar-refractivity contribution in [2.75, 3.05) is 5.32 Å². The molecule has 1 amide bonds. The van der Waals surface area contributed by atoms with E-state index in [9.17, 15) is 10.1 Å². The maximum atomic E-state index is 12.4. The van der Waals surface area contributed by atoms with Crippen molar-refractivity contribution in [2.24, 2.45) is 0 Å². The second-order valence-electron chi connectivity index (χ2n) is 5.86.